The molecule has 4 atom stereocenters. The lowest BCUT2D eigenvalue weighted by Gasteiger charge is -2.29. The molecule has 4 aliphatic heterocycles. The van der Waals surface area contributed by atoms with E-state index >= 15 is 0 Å². The Labute approximate surface area is 98.2 Å². The normalized spacial score (nSPS) is 48.8. The van der Waals surface area contributed by atoms with Crippen LogP contribution in [0.5, 0.6) is 0 Å². The van der Waals surface area contributed by atoms with Crippen LogP contribution < -0.4 is 5.32 Å². The van der Waals surface area contributed by atoms with E-state index in [1.165, 1.54) is 58.5 Å². The zero-order valence-corrected chi connectivity index (χ0v) is 10.1. The molecule has 3 heteroatoms. The highest BCUT2D eigenvalue weighted by Crippen LogP contribution is 2.36. The minimum absolute atomic E-state index is 0.910. The predicted molar refractivity (Wildman–Crippen MR) is 64.4 cm³/mol. The first-order valence-electron chi connectivity index (χ1n) is 7.10. The highest BCUT2D eigenvalue weighted by Gasteiger charge is 2.45. The van der Waals surface area contributed by atoms with Crippen molar-refractivity contribution >= 4 is 0 Å². The van der Waals surface area contributed by atoms with Crippen LogP contribution >= 0.6 is 0 Å². The number of nitrogens with zero attached hydrogens (tertiary/aromatic N) is 2. The molecule has 4 heterocycles. The monoisotopic (exact) mass is 221 g/mol. The molecule has 4 rings (SSSR count). The van der Waals surface area contributed by atoms with Gasteiger partial charge in [0.2, 0.25) is 0 Å². The van der Waals surface area contributed by atoms with Crippen LogP contribution in [-0.2, 0) is 0 Å². The molecule has 0 aromatic carbocycles. The lowest BCUT2D eigenvalue weighted by atomic mass is 10.0. The summed E-state index contributed by atoms with van der Waals surface area (Å²) in [5, 5.41) is 3.54. The molecule has 0 aliphatic carbocycles. The summed E-state index contributed by atoms with van der Waals surface area (Å²) in [6.07, 6.45) is 4.36. The second-order valence-electron chi connectivity index (χ2n) is 6.23. The molecular formula is C13H23N3. The van der Waals surface area contributed by atoms with Crippen LogP contribution in [0.3, 0.4) is 0 Å². The van der Waals surface area contributed by atoms with Crippen LogP contribution in [0.4, 0.5) is 0 Å². The van der Waals surface area contributed by atoms with Crippen LogP contribution in [0, 0.1) is 11.8 Å². The topological polar surface area (TPSA) is 18.5 Å². The third-order valence-electron chi connectivity index (χ3n) is 5.46. The van der Waals surface area contributed by atoms with Crippen LogP contribution in [0.25, 0.3) is 0 Å². The molecule has 0 aromatic rings. The van der Waals surface area contributed by atoms with Crippen LogP contribution in [0.1, 0.15) is 19.3 Å². The minimum atomic E-state index is 0.910. The Morgan fingerprint density at radius 3 is 2.38 bits per heavy atom. The third-order valence-corrected chi connectivity index (χ3v) is 5.46. The molecule has 4 unspecified atom stereocenters. The average molecular weight is 221 g/mol. The number of fused-ring (bicyclic) bond motifs is 2. The molecule has 0 amide bonds. The summed E-state index contributed by atoms with van der Waals surface area (Å²) >= 11 is 0. The Balaban J connectivity index is 1.47. The van der Waals surface area contributed by atoms with E-state index < -0.39 is 0 Å². The fourth-order valence-corrected chi connectivity index (χ4v) is 4.64. The third kappa shape index (κ3) is 1.38. The summed E-state index contributed by atoms with van der Waals surface area (Å²) in [6.45, 7) is 8.08. The Bertz CT molecular complexity index is 268. The quantitative estimate of drug-likeness (QED) is 0.690. The number of hydrogen-bond acceptors (Lipinski definition) is 3. The van der Waals surface area contributed by atoms with Crippen LogP contribution in [0.2, 0.25) is 0 Å². The standard InChI is InChI=1S/C13H23N3/c1-2-12-13(3-5-15(12)4-1)16-8-10-6-14-7-11(10)9-16/h10-14H,1-9H2. The van der Waals surface area contributed by atoms with E-state index in [0.29, 0.717) is 0 Å². The molecule has 1 N–H and O–H groups in total. The molecule has 0 saturated carbocycles. The van der Waals surface area contributed by atoms with E-state index in [4.69, 9.17) is 0 Å². The van der Waals surface area contributed by atoms with Crippen molar-refractivity contribution in [2.24, 2.45) is 11.8 Å². The van der Waals surface area contributed by atoms with Gasteiger partial charge in [0.1, 0.15) is 0 Å². The molecule has 0 bridgehead atoms. The van der Waals surface area contributed by atoms with Crippen molar-refractivity contribution in [3.63, 3.8) is 0 Å². The maximum Gasteiger partial charge on any atom is 0.0264 e. The Kier molecular flexibility index (Phi) is 2.27. The van der Waals surface area contributed by atoms with Gasteiger partial charge in [-0.15, -0.1) is 0 Å². The Morgan fingerprint density at radius 1 is 0.812 bits per heavy atom. The van der Waals surface area contributed by atoms with Crippen LogP contribution in [-0.4, -0.2) is 61.2 Å². The van der Waals surface area contributed by atoms with E-state index in [-0.39, 0.29) is 0 Å². The van der Waals surface area contributed by atoms with E-state index in [2.05, 4.69) is 15.1 Å². The molecule has 0 radical (unpaired) electrons. The number of likely N-dealkylation sites (tertiary alicyclic amines) is 1. The Morgan fingerprint density at radius 2 is 1.56 bits per heavy atom. The fraction of sp³-hybridized carbons (Fsp3) is 1.00. The van der Waals surface area contributed by atoms with E-state index in [0.717, 1.165) is 23.9 Å². The maximum atomic E-state index is 3.54. The van der Waals surface area contributed by atoms with E-state index in [1.807, 2.05) is 0 Å². The number of nitrogens with one attached hydrogen (secondary N) is 1. The van der Waals surface area contributed by atoms with Crippen molar-refractivity contribution in [2.75, 3.05) is 39.3 Å². The Hall–Kier alpha value is -0.120. The zero-order valence-electron chi connectivity index (χ0n) is 10.1. The predicted octanol–water partition coefficient (Wildman–Crippen LogP) is 0.374. The molecule has 4 aliphatic rings. The molecule has 4 fully saturated rings. The smallest absolute Gasteiger partial charge is 0.0264 e. The van der Waals surface area contributed by atoms with Crippen molar-refractivity contribution < 1.29 is 0 Å². The molecule has 16 heavy (non-hydrogen) atoms. The van der Waals surface area contributed by atoms with Crippen molar-refractivity contribution in [1.82, 2.24) is 15.1 Å². The van der Waals surface area contributed by atoms with Crippen molar-refractivity contribution in [3.8, 4) is 0 Å². The second kappa shape index (κ2) is 3.69. The van der Waals surface area contributed by atoms with Crippen molar-refractivity contribution in [2.45, 2.75) is 31.3 Å². The largest absolute Gasteiger partial charge is 0.316 e. The minimum Gasteiger partial charge on any atom is -0.316 e. The molecular weight excluding hydrogens is 198 g/mol. The van der Waals surface area contributed by atoms with Gasteiger partial charge in [-0.05, 0) is 50.7 Å². The first-order chi connectivity index (χ1) is 7.92. The van der Waals surface area contributed by atoms with Gasteiger partial charge in [-0.2, -0.15) is 0 Å². The highest BCUT2D eigenvalue weighted by molar-refractivity contribution is 5.01. The van der Waals surface area contributed by atoms with Gasteiger partial charge in [0, 0.05) is 31.7 Å². The van der Waals surface area contributed by atoms with Crippen molar-refractivity contribution in [3.05, 3.63) is 0 Å². The SMILES string of the molecule is C1CC2C(N3CC4CNCC4C3)CCN2C1. The van der Waals surface area contributed by atoms with Gasteiger partial charge in [-0.3, -0.25) is 9.80 Å². The van der Waals surface area contributed by atoms with Gasteiger partial charge in [-0.1, -0.05) is 0 Å². The highest BCUT2D eigenvalue weighted by atomic mass is 15.3. The number of hydrogen-bond donors (Lipinski definition) is 1. The van der Waals surface area contributed by atoms with Gasteiger partial charge in [0.05, 0.1) is 0 Å². The van der Waals surface area contributed by atoms with Gasteiger partial charge in [-0.25, -0.2) is 0 Å². The molecule has 0 spiro atoms. The summed E-state index contributed by atoms with van der Waals surface area (Å²) in [4.78, 5) is 5.59. The first-order valence-corrected chi connectivity index (χ1v) is 7.10. The fourth-order valence-electron chi connectivity index (χ4n) is 4.64. The average Bonchev–Trinajstić information content (AvgIpc) is 2.95. The summed E-state index contributed by atoms with van der Waals surface area (Å²) in [6, 6.07) is 1.83. The van der Waals surface area contributed by atoms with Gasteiger partial charge in [0.25, 0.3) is 0 Å². The summed E-state index contributed by atoms with van der Waals surface area (Å²) < 4.78 is 0. The number of rotatable bonds is 1. The first kappa shape index (κ1) is 9.86. The van der Waals surface area contributed by atoms with E-state index in [1.54, 1.807) is 0 Å². The second-order valence-corrected chi connectivity index (χ2v) is 6.23. The van der Waals surface area contributed by atoms with Gasteiger partial charge >= 0.3 is 0 Å². The maximum absolute atomic E-state index is 3.54. The van der Waals surface area contributed by atoms with Gasteiger partial charge < -0.3 is 5.32 Å². The van der Waals surface area contributed by atoms with E-state index in [9.17, 15) is 0 Å². The van der Waals surface area contributed by atoms with Gasteiger partial charge in [0.15, 0.2) is 0 Å². The summed E-state index contributed by atoms with van der Waals surface area (Å²) in [5.41, 5.74) is 0. The summed E-state index contributed by atoms with van der Waals surface area (Å²) in [7, 11) is 0. The summed E-state index contributed by atoms with van der Waals surface area (Å²) in [5.74, 6) is 1.94. The lowest BCUT2D eigenvalue weighted by molar-refractivity contribution is 0.181. The van der Waals surface area contributed by atoms with Crippen molar-refractivity contribution in [1.29, 1.82) is 0 Å². The molecule has 90 valence electrons. The molecule has 0 aromatic heterocycles. The molecule has 4 saturated heterocycles. The van der Waals surface area contributed by atoms with Crippen LogP contribution in [0.15, 0.2) is 0 Å². The lowest BCUT2D eigenvalue weighted by Crippen LogP contribution is -2.42. The molecule has 3 nitrogen and oxygen atoms in total. The zero-order chi connectivity index (χ0) is 10.5.